The van der Waals surface area contributed by atoms with Crippen molar-refractivity contribution in [2.75, 3.05) is 7.11 Å². The molecule has 5 heteroatoms. The number of carboxylic acids is 1. The zero-order valence-corrected chi connectivity index (χ0v) is 12.0. The van der Waals surface area contributed by atoms with Crippen LogP contribution in [0, 0.1) is 0 Å². The van der Waals surface area contributed by atoms with Gasteiger partial charge in [0.05, 0.1) is 19.2 Å². The summed E-state index contributed by atoms with van der Waals surface area (Å²) in [4.78, 5) is 23.1. The fraction of sp³-hybridized carbons (Fsp3) is 0.250. The molecule has 0 bridgehead atoms. The Morgan fingerprint density at radius 2 is 2.05 bits per heavy atom. The zero-order valence-electron chi connectivity index (χ0n) is 12.0. The van der Waals surface area contributed by atoms with Crippen molar-refractivity contribution in [1.29, 1.82) is 0 Å². The molecule has 2 aromatic rings. The Morgan fingerprint density at radius 3 is 2.67 bits per heavy atom. The number of aliphatic carboxylic acids is 1. The number of aromatic nitrogens is 1. The molecule has 0 unspecified atom stereocenters. The lowest BCUT2D eigenvalue weighted by molar-refractivity contribution is -0.136. The maximum absolute atomic E-state index is 12.4. The number of rotatable bonds is 5. The second kappa shape index (κ2) is 6.26. The number of benzene rings is 1. The van der Waals surface area contributed by atoms with Crippen LogP contribution in [0.25, 0.3) is 11.3 Å². The molecule has 1 aromatic carbocycles. The van der Waals surface area contributed by atoms with Gasteiger partial charge < -0.3 is 14.4 Å². The number of carbonyl (C=O) groups is 1. The van der Waals surface area contributed by atoms with Crippen LogP contribution in [0.4, 0.5) is 0 Å². The lowest BCUT2D eigenvalue weighted by Crippen LogP contribution is -2.25. The monoisotopic (exact) mass is 287 g/mol. The minimum absolute atomic E-state index is 0.264. The first-order chi connectivity index (χ1) is 10.1. The van der Waals surface area contributed by atoms with Gasteiger partial charge in [0.15, 0.2) is 0 Å². The number of pyridine rings is 1. The van der Waals surface area contributed by atoms with E-state index in [1.807, 2.05) is 31.2 Å². The van der Waals surface area contributed by atoms with Crippen LogP contribution in [0.1, 0.15) is 12.5 Å². The third-order valence-electron chi connectivity index (χ3n) is 3.28. The van der Waals surface area contributed by atoms with Crippen LogP contribution in [-0.4, -0.2) is 22.8 Å². The molecule has 0 radical (unpaired) electrons. The van der Waals surface area contributed by atoms with E-state index in [0.29, 0.717) is 12.3 Å². The Balaban J connectivity index is 2.56. The van der Waals surface area contributed by atoms with E-state index in [1.54, 1.807) is 23.8 Å². The lowest BCUT2D eigenvalue weighted by atomic mass is 10.1. The Bertz CT molecular complexity index is 718. The highest BCUT2D eigenvalue weighted by atomic mass is 16.5. The molecule has 5 nitrogen and oxygen atoms in total. The molecule has 0 amide bonds. The SMILES string of the molecule is CCn1c(-c2cccc(OC)c2)ccc(CC(=O)O)c1=O. The molecule has 0 aliphatic rings. The quantitative estimate of drug-likeness (QED) is 0.915. The van der Waals surface area contributed by atoms with Gasteiger partial charge in [-0.05, 0) is 25.1 Å². The van der Waals surface area contributed by atoms with Gasteiger partial charge in [0.25, 0.3) is 5.56 Å². The standard InChI is InChI=1S/C16H17NO4/c1-3-17-14(11-5-4-6-13(9-11)21-2)8-7-12(16(17)20)10-15(18)19/h4-9H,3,10H2,1-2H3,(H,18,19). The summed E-state index contributed by atoms with van der Waals surface area (Å²) in [6.45, 7) is 2.33. The molecule has 0 spiro atoms. The molecular formula is C16H17NO4. The first-order valence-corrected chi connectivity index (χ1v) is 6.65. The van der Waals surface area contributed by atoms with E-state index >= 15 is 0 Å². The maximum atomic E-state index is 12.4. The van der Waals surface area contributed by atoms with E-state index in [1.165, 1.54) is 0 Å². The van der Waals surface area contributed by atoms with Gasteiger partial charge in [-0.25, -0.2) is 0 Å². The average molecular weight is 287 g/mol. The number of nitrogens with zero attached hydrogens (tertiary/aromatic N) is 1. The third-order valence-corrected chi connectivity index (χ3v) is 3.28. The van der Waals surface area contributed by atoms with Gasteiger partial charge in [-0.15, -0.1) is 0 Å². The van der Waals surface area contributed by atoms with E-state index in [0.717, 1.165) is 11.3 Å². The van der Waals surface area contributed by atoms with Gasteiger partial charge in [0.2, 0.25) is 0 Å². The minimum atomic E-state index is -1.01. The number of carboxylic acid groups (broad SMARTS) is 1. The van der Waals surface area contributed by atoms with Crippen molar-refractivity contribution in [2.45, 2.75) is 19.9 Å². The van der Waals surface area contributed by atoms with E-state index in [4.69, 9.17) is 9.84 Å². The Morgan fingerprint density at radius 1 is 1.29 bits per heavy atom. The highest BCUT2D eigenvalue weighted by Crippen LogP contribution is 2.23. The summed E-state index contributed by atoms with van der Waals surface area (Å²) in [5, 5.41) is 8.84. The third kappa shape index (κ3) is 3.13. The Labute approximate surface area is 122 Å². The first kappa shape index (κ1) is 14.8. The van der Waals surface area contributed by atoms with E-state index in [9.17, 15) is 9.59 Å². The molecular weight excluding hydrogens is 270 g/mol. The molecule has 1 heterocycles. The highest BCUT2D eigenvalue weighted by Gasteiger charge is 2.12. The summed E-state index contributed by atoms with van der Waals surface area (Å²) in [6, 6.07) is 10.8. The fourth-order valence-electron chi connectivity index (χ4n) is 2.27. The van der Waals surface area contributed by atoms with Gasteiger partial charge in [0, 0.05) is 17.7 Å². The highest BCUT2D eigenvalue weighted by molar-refractivity contribution is 5.70. The van der Waals surface area contributed by atoms with Gasteiger partial charge in [0.1, 0.15) is 5.75 Å². The van der Waals surface area contributed by atoms with Crippen LogP contribution in [-0.2, 0) is 17.8 Å². The van der Waals surface area contributed by atoms with Crippen LogP contribution in [0.5, 0.6) is 5.75 Å². The van der Waals surface area contributed by atoms with Crippen molar-refractivity contribution in [1.82, 2.24) is 4.57 Å². The second-order valence-corrected chi connectivity index (χ2v) is 4.60. The van der Waals surface area contributed by atoms with Crippen LogP contribution < -0.4 is 10.3 Å². The summed E-state index contributed by atoms with van der Waals surface area (Å²) < 4.78 is 6.77. The van der Waals surface area contributed by atoms with Crippen LogP contribution >= 0.6 is 0 Å². The van der Waals surface area contributed by atoms with Crippen molar-refractivity contribution in [3.63, 3.8) is 0 Å². The largest absolute Gasteiger partial charge is 0.497 e. The van der Waals surface area contributed by atoms with Crippen molar-refractivity contribution >= 4 is 5.97 Å². The van der Waals surface area contributed by atoms with E-state index in [2.05, 4.69) is 0 Å². The smallest absolute Gasteiger partial charge is 0.308 e. The number of hydrogen-bond acceptors (Lipinski definition) is 3. The molecule has 1 aromatic heterocycles. The average Bonchev–Trinajstić information content (AvgIpc) is 2.48. The van der Waals surface area contributed by atoms with Crippen LogP contribution in [0.3, 0.4) is 0 Å². The summed E-state index contributed by atoms with van der Waals surface area (Å²) in [6.07, 6.45) is -0.267. The predicted octanol–water partition coefficient (Wildman–Crippen LogP) is 2.17. The molecule has 0 fully saturated rings. The molecule has 21 heavy (non-hydrogen) atoms. The fourth-order valence-corrected chi connectivity index (χ4v) is 2.27. The van der Waals surface area contributed by atoms with Crippen LogP contribution in [0.2, 0.25) is 0 Å². The van der Waals surface area contributed by atoms with Crippen LogP contribution in [0.15, 0.2) is 41.2 Å². The van der Waals surface area contributed by atoms with Gasteiger partial charge in [-0.2, -0.15) is 0 Å². The summed E-state index contributed by atoms with van der Waals surface area (Å²) >= 11 is 0. The number of hydrogen-bond donors (Lipinski definition) is 1. The van der Waals surface area contributed by atoms with Gasteiger partial charge in [-0.3, -0.25) is 9.59 Å². The van der Waals surface area contributed by atoms with Gasteiger partial charge in [-0.1, -0.05) is 18.2 Å². The molecule has 2 rings (SSSR count). The molecule has 1 N–H and O–H groups in total. The molecule has 110 valence electrons. The normalized spacial score (nSPS) is 10.4. The summed E-state index contributed by atoms with van der Waals surface area (Å²) in [5.41, 5.74) is 1.63. The van der Waals surface area contributed by atoms with Crippen molar-refractivity contribution in [3.8, 4) is 17.0 Å². The summed E-state index contributed by atoms with van der Waals surface area (Å²) in [7, 11) is 1.59. The van der Waals surface area contributed by atoms with Crippen molar-refractivity contribution in [2.24, 2.45) is 0 Å². The Kier molecular flexibility index (Phi) is 4.42. The molecule has 0 atom stereocenters. The molecule has 0 saturated carbocycles. The van der Waals surface area contributed by atoms with Crippen molar-refractivity contribution in [3.05, 3.63) is 52.3 Å². The van der Waals surface area contributed by atoms with Crippen molar-refractivity contribution < 1.29 is 14.6 Å². The van der Waals surface area contributed by atoms with Gasteiger partial charge >= 0.3 is 5.97 Å². The predicted molar refractivity (Wildman–Crippen MR) is 79.7 cm³/mol. The summed E-state index contributed by atoms with van der Waals surface area (Å²) in [5.74, 6) is -0.305. The second-order valence-electron chi connectivity index (χ2n) is 4.60. The lowest BCUT2D eigenvalue weighted by Gasteiger charge is -2.13. The molecule has 0 saturated heterocycles. The minimum Gasteiger partial charge on any atom is -0.497 e. The topological polar surface area (TPSA) is 68.5 Å². The number of methoxy groups -OCH3 is 1. The maximum Gasteiger partial charge on any atom is 0.308 e. The first-order valence-electron chi connectivity index (χ1n) is 6.65. The zero-order chi connectivity index (χ0) is 15.4. The molecule has 0 aliphatic heterocycles. The molecule has 0 aliphatic carbocycles. The Hall–Kier alpha value is -2.56. The van der Waals surface area contributed by atoms with E-state index in [-0.39, 0.29) is 17.5 Å². The van der Waals surface area contributed by atoms with E-state index < -0.39 is 5.97 Å². The number of ether oxygens (including phenoxy) is 1.